The van der Waals surface area contributed by atoms with Gasteiger partial charge >= 0.3 is 0 Å². The van der Waals surface area contributed by atoms with E-state index in [1.54, 1.807) is 7.11 Å². The second kappa shape index (κ2) is 6.47. The van der Waals surface area contributed by atoms with Crippen LogP contribution in [0.15, 0.2) is 48.7 Å². The van der Waals surface area contributed by atoms with Crippen molar-refractivity contribution in [3.05, 3.63) is 54.4 Å². The summed E-state index contributed by atoms with van der Waals surface area (Å²) >= 11 is 0. The zero-order valence-corrected chi connectivity index (χ0v) is 14.1. The molecule has 0 saturated carbocycles. The Kier molecular flexibility index (Phi) is 4.01. The third-order valence-corrected chi connectivity index (χ3v) is 4.62. The molecule has 1 saturated heterocycles. The fourth-order valence-corrected chi connectivity index (χ4v) is 3.21. The first-order valence-electron chi connectivity index (χ1n) is 8.36. The zero-order chi connectivity index (χ0) is 17.2. The number of nitrogens with one attached hydrogen (secondary N) is 1. The Hall–Kier alpha value is -3.02. The number of hydrogen-bond acceptors (Lipinski definition) is 4. The number of para-hydroxylation sites is 1. The number of amides is 1. The average molecular weight is 336 g/mol. The van der Waals surface area contributed by atoms with Crippen LogP contribution in [0.2, 0.25) is 0 Å². The van der Waals surface area contributed by atoms with Gasteiger partial charge in [-0.05, 0) is 18.2 Å². The van der Waals surface area contributed by atoms with Crippen molar-refractivity contribution in [1.29, 1.82) is 0 Å². The maximum atomic E-state index is 12.7. The number of benzene rings is 1. The van der Waals surface area contributed by atoms with E-state index in [4.69, 9.17) is 4.74 Å². The summed E-state index contributed by atoms with van der Waals surface area (Å²) in [5, 5.41) is 1.06. The number of aromatic nitrogens is 2. The van der Waals surface area contributed by atoms with E-state index in [9.17, 15) is 4.79 Å². The van der Waals surface area contributed by atoms with Crippen LogP contribution in [0.25, 0.3) is 10.9 Å². The van der Waals surface area contributed by atoms with Crippen LogP contribution < -0.4 is 9.64 Å². The summed E-state index contributed by atoms with van der Waals surface area (Å²) in [6.45, 7) is 2.97. The summed E-state index contributed by atoms with van der Waals surface area (Å²) in [4.78, 5) is 24.4. The van der Waals surface area contributed by atoms with E-state index in [1.807, 2.05) is 53.6 Å². The summed E-state index contributed by atoms with van der Waals surface area (Å²) in [7, 11) is 1.61. The first kappa shape index (κ1) is 15.5. The highest BCUT2D eigenvalue weighted by molar-refractivity contribution is 5.98. The van der Waals surface area contributed by atoms with E-state index in [2.05, 4.69) is 14.9 Å². The third-order valence-electron chi connectivity index (χ3n) is 4.62. The number of anilines is 1. The van der Waals surface area contributed by atoms with Crippen LogP contribution in [0.4, 0.5) is 5.69 Å². The summed E-state index contributed by atoms with van der Waals surface area (Å²) in [6, 6.07) is 13.7. The normalized spacial score (nSPS) is 14.8. The van der Waals surface area contributed by atoms with Gasteiger partial charge in [-0.15, -0.1) is 0 Å². The maximum absolute atomic E-state index is 12.7. The van der Waals surface area contributed by atoms with Crippen molar-refractivity contribution >= 4 is 22.5 Å². The predicted molar refractivity (Wildman–Crippen MR) is 97.2 cm³/mol. The molecule has 6 heteroatoms. The van der Waals surface area contributed by atoms with Crippen molar-refractivity contribution in [1.82, 2.24) is 14.9 Å². The smallest absolute Gasteiger partial charge is 0.270 e. The second-order valence-corrected chi connectivity index (χ2v) is 6.11. The molecule has 6 nitrogen and oxygen atoms in total. The second-order valence-electron chi connectivity index (χ2n) is 6.11. The van der Waals surface area contributed by atoms with E-state index in [0.717, 1.165) is 29.7 Å². The van der Waals surface area contributed by atoms with Crippen LogP contribution in [-0.2, 0) is 0 Å². The molecule has 0 atom stereocenters. The number of carbonyl (C=O) groups excluding carboxylic acids is 1. The lowest BCUT2D eigenvalue weighted by Gasteiger charge is -2.35. The molecular weight excluding hydrogens is 316 g/mol. The summed E-state index contributed by atoms with van der Waals surface area (Å²) in [5.41, 5.74) is 2.70. The van der Waals surface area contributed by atoms with E-state index in [0.29, 0.717) is 24.7 Å². The van der Waals surface area contributed by atoms with Crippen LogP contribution in [0, 0.1) is 0 Å². The highest BCUT2D eigenvalue weighted by Crippen LogP contribution is 2.20. The number of fused-ring (bicyclic) bond motifs is 1. The van der Waals surface area contributed by atoms with Gasteiger partial charge in [-0.2, -0.15) is 0 Å². The Balaban J connectivity index is 1.43. The number of aromatic amines is 1. The minimum atomic E-state index is 0.0590. The lowest BCUT2D eigenvalue weighted by atomic mass is 10.2. The number of piperazine rings is 1. The van der Waals surface area contributed by atoms with E-state index >= 15 is 0 Å². The molecule has 1 aromatic carbocycles. The molecule has 1 aliphatic rings. The van der Waals surface area contributed by atoms with Gasteiger partial charge in [0.05, 0.1) is 19.0 Å². The summed E-state index contributed by atoms with van der Waals surface area (Å²) < 4.78 is 5.09. The molecule has 25 heavy (non-hydrogen) atoms. The largest absolute Gasteiger partial charge is 0.481 e. The molecule has 1 fully saturated rings. The monoisotopic (exact) mass is 336 g/mol. The van der Waals surface area contributed by atoms with Gasteiger partial charge in [0.1, 0.15) is 5.69 Å². The molecule has 1 amide bonds. The van der Waals surface area contributed by atoms with Crippen molar-refractivity contribution in [2.45, 2.75) is 0 Å². The number of ether oxygens (including phenoxy) is 1. The Morgan fingerprint density at radius 1 is 1.12 bits per heavy atom. The van der Waals surface area contributed by atoms with Gasteiger partial charge in [0.25, 0.3) is 5.91 Å². The van der Waals surface area contributed by atoms with Gasteiger partial charge < -0.3 is 19.5 Å². The van der Waals surface area contributed by atoms with Crippen LogP contribution in [0.5, 0.6) is 5.88 Å². The number of methoxy groups -OCH3 is 1. The predicted octanol–water partition coefficient (Wildman–Crippen LogP) is 2.53. The van der Waals surface area contributed by atoms with Gasteiger partial charge in [0.15, 0.2) is 0 Å². The van der Waals surface area contributed by atoms with Crippen molar-refractivity contribution in [2.24, 2.45) is 0 Å². The van der Waals surface area contributed by atoms with E-state index in [-0.39, 0.29) is 5.91 Å². The summed E-state index contributed by atoms with van der Waals surface area (Å²) in [6.07, 6.45) is 1.81. The highest BCUT2D eigenvalue weighted by Gasteiger charge is 2.23. The van der Waals surface area contributed by atoms with Crippen molar-refractivity contribution in [2.75, 3.05) is 38.2 Å². The highest BCUT2D eigenvalue weighted by atomic mass is 16.5. The van der Waals surface area contributed by atoms with Crippen molar-refractivity contribution in [3.8, 4) is 5.88 Å². The maximum Gasteiger partial charge on any atom is 0.270 e. The quantitative estimate of drug-likeness (QED) is 0.798. The molecule has 0 aliphatic carbocycles. The molecule has 1 aliphatic heterocycles. The van der Waals surface area contributed by atoms with Crippen LogP contribution in [0.1, 0.15) is 10.5 Å². The van der Waals surface area contributed by atoms with Crippen molar-refractivity contribution < 1.29 is 9.53 Å². The first-order valence-corrected chi connectivity index (χ1v) is 8.36. The zero-order valence-electron chi connectivity index (χ0n) is 14.1. The minimum Gasteiger partial charge on any atom is -0.481 e. The van der Waals surface area contributed by atoms with Crippen LogP contribution >= 0.6 is 0 Å². The molecule has 3 aromatic rings. The van der Waals surface area contributed by atoms with Gasteiger partial charge in [-0.25, -0.2) is 4.98 Å². The summed E-state index contributed by atoms with van der Waals surface area (Å²) in [5.74, 6) is 0.667. The fraction of sp³-hybridized carbons (Fsp3) is 0.263. The molecule has 1 N–H and O–H groups in total. The van der Waals surface area contributed by atoms with Gasteiger partial charge in [0.2, 0.25) is 5.88 Å². The molecule has 0 radical (unpaired) electrons. The number of H-pyrrole nitrogens is 1. The van der Waals surface area contributed by atoms with Crippen molar-refractivity contribution in [3.63, 3.8) is 0 Å². The molecule has 0 bridgehead atoms. The number of pyridine rings is 1. The number of hydrogen-bond donors (Lipinski definition) is 1. The van der Waals surface area contributed by atoms with Gasteiger partial charge in [0, 0.05) is 43.1 Å². The standard InChI is InChI=1S/C19H20N4O2/c1-25-18-7-6-15(13-20-18)22-8-10-23(11-9-22)19(24)17-12-14-4-2-3-5-16(14)21-17/h2-7,12-13,21H,8-11H2,1H3. The average Bonchev–Trinajstić information content (AvgIpc) is 3.12. The third kappa shape index (κ3) is 3.03. The van der Waals surface area contributed by atoms with E-state index in [1.165, 1.54) is 0 Å². The molecule has 128 valence electrons. The van der Waals surface area contributed by atoms with Gasteiger partial charge in [-0.1, -0.05) is 18.2 Å². The molecule has 3 heterocycles. The Labute approximate surface area is 146 Å². The molecule has 4 rings (SSSR count). The molecule has 0 spiro atoms. The number of rotatable bonds is 3. The Morgan fingerprint density at radius 2 is 1.92 bits per heavy atom. The SMILES string of the molecule is COc1ccc(N2CCN(C(=O)c3cc4ccccc4[nH]3)CC2)cn1. The lowest BCUT2D eigenvalue weighted by molar-refractivity contribution is 0.0742. The molecule has 2 aromatic heterocycles. The molecule has 0 unspecified atom stereocenters. The van der Waals surface area contributed by atoms with Crippen LogP contribution in [0.3, 0.4) is 0 Å². The Morgan fingerprint density at radius 3 is 2.60 bits per heavy atom. The number of nitrogens with zero attached hydrogens (tertiary/aromatic N) is 3. The fourth-order valence-electron chi connectivity index (χ4n) is 3.21. The van der Waals surface area contributed by atoms with E-state index < -0.39 is 0 Å². The van der Waals surface area contributed by atoms with Gasteiger partial charge in [-0.3, -0.25) is 4.79 Å². The lowest BCUT2D eigenvalue weighted by Crippen LogP contribution is -2.48. The Bertz CT molecular complexity index is 847. The minimum absolute atomic E-state index is 0.0590. The first-order chi connectivity index (χ1) is 12.2. The topological polar surface area (TPSA) is 61.5 Å². The molecular formula is C19H20N4O2. The van der Waals surface area contributed by atoms with Crippen LogP contribution in [-0.4, -0.2) is 54.1 Å². The number of carbonyl (C=O) groups is 1.